The Morgan fingerprint density at radius 1 is 0.438 bits per heavy atom. The predicted molar refractivity (Wildman–Crippen MR) is 269 cm³/mol. The Hall–Kier alpha value is -6.83. The normalized spacial score (nSPS) is 15.1. The predicted octanol–water partition coefficient (Wildman–Crippen LogP) is 7.61. The first-order valence-corrected chi connectivity index (χ1v) is 27.4. The molecule has 7 rings (SSSR count). The molecular formula is C50H52N6O14S3. The Bertz CT molecular complexity index is 3030. The molecule has 0 radical (unpaired) electrons. The van der Waals surface area contributed by atoms with E-state index in [2.05, 4.69) is 0 Å². The van der Waals surface area contributed by atoms with E-state index < -0.39 is 127 Å². The summed E-state index contributed by atoms with van der Waals surface area (Å²) in [7, 11) is -14.7. The maximum atomic E-state index is 14.6. The molecule has 6 aromatic carbocycles. The molecule has 384 valence electrons. The highest BCUT2D eigenvalue weighted by atomic mass is 32.2. The SMILES string of the molecule is O=[N+]([O-])c1ccccc1S(=O)(=O)N1CCN(S(=O)(=O)c2ccccc2[N+](=O)[O-])CC(COCCCCCOC(c2ccccc2)(c2ccccc2)c2ccccc2)CN(S(=O)(=O)c2ccccc2[N+](=O)[O-])CC1. The molecule has 23 heteroatoms. The molecule has 0 N–H and O–H groups in total. The maximum Gasteiger partial charge on any atom is 0.289 e. The van der Waals surface area contributed by atoms with Gasteiger partial charge in [-0.25, -0.2) is 25.3 Å². The van der Waals surface area contributed by atoms with Gasteiger partial charge in [-0.2, -0.15) is 12.9 Å². The van der Waals surface area contributed by atoms with Crippen LogP contribution in [0.3, 0.4) is 0 Å². The monoisotopic (exact) mass is 1060 g/mol. The zero-order valence-corrected chi connectivity index (χ0v) is 41.7. The number of para-hydroxylation sites is 3. The number of nitrogens with zero attached hydrogens (tertiary/aromatic N) is 6. The third-order valence-corrected chi connectivity index (χ3v) is 18.1. The van der Waals surface area contributed by atoms with E-state index in [1.54, 1.807) is 0 Å². The third-order valence-electron chi connectivity index (χ3n) is 12.3. The number of rotatable bonds is 21. The zero-order valence-electron chi connectivity index (χ0n) is 39.3. The molecule has 20 nitrogen and oxygen atoms in total. The Balaban J connectivity index is 1.16. The van der Waals surface area contributed by atoms with Crippen LogP contribution in [0.4, 0.5) is 17.1 Å². The van der Waals surface area contributed by atoms with Crippen LogP contribution in [0, 0.1) is 36.3 Å². The highest BCUT2D eigenvalue weighted by Crippen LogP contribution is 2.41. The molecular weight excluding hydrogens is 1000 g/mol. The van der Waals surface area contributed by atoms with Gasteiger partial charge in [-0.15, -0.1) is 0 Å². The lowest BCUT2D eigenvalue weighted by molar-refractivity contribution is -0.388. The van der Waals surface area contributed by atoms with Crippen LogP contribution in [0.15, 0.2) is 178 Å². The van der Waals surface area contributed by atoms with E-state index in [0.29, 0.717) is 30.2 Å². The second-order valence-electron chi connectivity index (χ2n) is 16.9. The van der Waals surface area contributed by atoms with Gasteiger partial charge in [0.2, 0.25) is 30.1 Å². The summed E-state index contributed by atoms with van der Waals surface area (Å²) in [5, 5.41) is 36.4. The van der Waals surface area contributed by atoms with Crippen molar-refractivity contribution in [2.75, 3.05) is 59.1 Å². The molecule has 0 amide bonds. The van der Waals surface area contributed by atoms with Crippen LogP contribution in [0.2, 0.25) is 0 Å². The Kier molecular flexibility index (Phi) is 17.6. The van der Waals surface area contributed by atoms with Gasteiger partial charge in [-0.05, 0) is 54.2 Å². The van der Waals surface area contributed by atoms with E-state index in [1.807, 2.05) is 91.0 Å². The largest absolute Gasteiger partial charge is 0.381 e. The number of ether oxygens (including phenoxy) is 2. The van der Waals surface area contributed by atoms with Crippen molar-refractivity contribution < 1.29 is 49.5 Å². The molecule has 0 aliphatic carbocycles. The number of hydrogen-bond donors (Lipinski definition) is 0. The number of nitro groups is 3. The molecule has 0 bridgehead atoms. The fraction of sp³-hybridized carbons (Fsp3) is 0.280. The van der Waals surface area contributed by atoms with E-state index in [4.69, 9.17) is 9.47 Å². The average molecular weight is 1060 g/mol. The molecule has 73 heavy (non-hydrogen) atoms. The fourth-order valence-corrected chi connectivity index (χ4v) is 13.7. The molecule has 6 aromatic rings. The zero-order chi connectivity index (χ0) is 52.2. The number of sulfonamides is 3. The van der Waals surface area contributed by atoms with Crippen molar-refractivity contribution in [3.63, 3.8) is 0 Å². The summed E-state index contributed by atoms with van der Waals surface area (Å²) in [4.78, 5) is 31.5. The lowest BCUT2D eigenvalue weighted by Crippen LogP contribution is -2.50. The van der Waals surface area contributed by atoms with Crippen molar-refractivity contribution in [3.05, 3.63) is 211 Å². The van der Waals surface area contributed by atoms with Gasteiger partial charge < -0.3 is 9.47 Å². The summed E-state index contributed by atoms with van der Waals surface area (Å²) in [5.74, 6) is -1.06. The van der Waals surface area contributed by atoms with Crippen LogP contribution in [0.1, 0.15) is 36.0 Å². The molecule has 0 spiro atoms. The van der Waals surface area contributed by atoms with Crippen molar-refractivity contribution >= 4 is 47.1 Å². The van der Waals surface area contributed by atoms with Crippen molar-refractivity contribution in [3.8, 4) is 0 Å². The third kappa shape index (κ3) is 12.2. The quantitative estimate of drug-likeness (QED) is 0.0291. The Morgan fingerprint density at radius 2 is 0.753 bits per heavy atom. The van der Waals surface area contributed by atoms with Crippen LogP contribution in [-0.4, -0.2) is 112 Å². The first kappa shape index (κ1) is 54.0. The lowest BCUT2D eigenvalue weighted by Gasteiger charge is -2.36. The molecule has 1 aliphatic heterocycles. The van der Waals surface area contributed by atoms with Gasteiger partial charge >= 0.3 is 0 Å². The van der Waals surface area contributed by atoms with E-state index >= 15 is 0 Å². The van der Waals surface area contributed by atoms with Crippen LogP contribution >= 0.6 is 0 Å². The molecule has 0 atom stereocenters. The van der Waals surface area contributed by atoms with Crippen molar-refractivity contribution in [2.24, 2.45) is 5.92 Å². The minimum absolute atomic E-state index is 0.118. The van der Waals surface area contributed by atoms with Gasteiger partial charge in [0.05, 0.1) is 21.4 Å². The summed E-state index contributed by atoms with van der Waals surface area (Å²) in [6, 6.07) is 43.1. The molecule has 1 aliphatic rings. The van der Waals surface area contributed by atoms with Crippen molar-refractivity contribution in [2.45, 2.75) is 39.5 Å². The summed E-state index contributed by atoms with van der Waals surface area (Å²) < 4.78 is 103. The minimum Gasteiger partial charge on any atom is -0.381 e. The van der Waals surface area contributed by atoms with Crippen LogP contribution in [0.5, 0.6) is 0 Å². The summed E-state index contributed by atoms with van der Waals surface area (Å²) in [6.45, 7) is -3.67. The topological polar surface area (TPSA) is 260 Å². The maximum absolute atomic E-state index is 14.6. The highest BCUT2D eigenvalue weighted by Gasteiger charge is 2.41. The molecule has 0 saturated carbocycles. The first-order valence-electron chi connectivity index (χ1n) is 23.1. The number of hydrogen-bond acceptors (Lipinski definition) is 14. The van der Waals surface area contributed by atoms with E-state index in [1.165, 1.54) is 36.4 Å². The number of benzene rings is 6. The fourth-order valence-electron chi connectivity index (χ4n) is 8.78. The van der Waals surface area contributed by atoms with E-state index in [-0.39, 0.29) is 13.2 Å². The van der Waals surface area contributed by atoms with Crippen LogP contribution < -0.4 is 0 Å². The molecule has 0 aromatic heterocycles. The molecule has 1 heterocycles. The van der Waals surface area contributed by atoms with Crippen molar-refractivity contribution in [1.82, 2.24) is 12.9 Å². The second kappa shape index (κ2) is 23.8. The summed E-state index contributed by atoms with van der Waals surface area (Å²) in [6.07, 6.45) is 1.69. The van der Waals surface area contributed by atoms with Gasteiger partial charge in [-0.3, -0.25) is 30.3 Å². The standard InChI is InChI=1S/C50H52N6O14S3/c57-54(58)44-25-11-14-28-47(44)71(63,64)51-31-33-52(72(65,66)48-29-15-12-26-45(48)55(59)60)37-40(38-53(34-32-51)73(67,68)49-30-16-13-27-46(49)56(61)62)39-69-35-17-4-18-36-70-50(41-19-5-1-6-20-41,42-21-7-2-8-22-42)43-23-9-3-10-24-43/h1-3,5-16,19-30,40H,4,17-18,31-39H2. The lowest BCUT2D eigenvalue weighted by atomic mass is 9.80. The molecule has 1 fully saturated rings. The Morgan fingerprint density at radius 3 is 1.12 bits per heavy atom. The Labute approximate surface area is 423 Å². The first-order chi connectivity index (χ1) is 35.0. The number of unbranched alkanes of at least 4 members (excludes halogenated alkanes) is 2. The summed E-state index contributed by atoms with van der Waals surface area (Å²) >= 11 is 0. The van der Waals surface area contributed by atoms with Gasteiger partial charge in [-0.1, -0.05) is 127 Å². The second-order valence-corrected chi connectivity index (χ2v) is 22.7. The van der Waals surface area contributed by atoms with Gasteiger partial charge in [0.1, 0.15) is 5.60 Å². The number of nitro benzene ring substituents is 3. The highest BCUT2D eigenvalue weighted by molar-refractivity contribution is 7.90. The smallest absolute Gasteiger partial charge is 0.289 e. The van der Waals surface area contributed by atoms with Crippen molar-refractivity contribution in [1.29, 1.82) is 0 Å². The van der Waals surface area contributed by atoms with E-state index in [0.717, 1.165) is 61.7 Å². The van der Waals surface area contributed by atoms with Gasteiger partial charge in [0.25, 0.3) is 17.1 Å². The average Bonchev–Trinajstić information content (AvgIpc) is 3.40. The van der Waals surface area contributed by atoms with Gasteiger partial charge in [0.15, 0.2) is 14.7 Å². The van der Waals surface area contributed by atoms with Crippen LogP contribution in [0.25, 0.3) is 0 Å². The van der Waals surface area contributed by atoms with Gasteiger partial charge in [0, 0.05) is 76.6 Å². The van der Waals surface area contributed by atoms with Crippen LogP contribution in [-0.2, 0) is 45.1 Å². The summed E-state index contributed by atoms with van der Waals surface area (Å²) in [5.41, 5.74) is -0.497. The van der Waals surface area contributed by atoms with E-state index in [9.17, 15) is 55.6 Å². The molecule has 1 saturated heterocycles. The minimum atomic E-state index is -4.91. The molecule has 0 unspecified atom stereocenters.